The van der Waals surface area contributed by atoms with E-state index < -0.39 is 23.1 Å². The molecule has 0 saturated heterocycles. The molecule has 2 aromatic heterocycles. The largest absolute Gasteiger partial charge is 0.489 e. The molecule has 0 aliphatic carbocycles. The number of fused-ring (bicyclic) bond motifs is 1. The molecule has 0 aromatic carbocycles. The summed E-state index contributed by atoms with van der Waals surface area (Å²) in [6.45, 7) is 1.15. The summed E-state index contributed by atoms with van der Waals surface area (Å²) in [6, 6.07) is 4.40. The Hall–Kier alpha value is -3.96. The van der Waals surface area contributed by atoms with E-state index in [1.807, 2.05) is 0 Å². The summed E-state index contributed by atoms with van der Waals surface area (Å²) < 4.78 is 7.64. The minimum atomic E-state index is -0.606. The fraction of sp³-hybridized carbons (Fsp3) is 0.455. The molecule has 0 saturated carbocycles. The summed E-state index contributed by atoms with van der Waals surface area (Å²) in [5, 5.41) is 5.50. The molecule has 182 valence electrons. The fourth-order valence-corrected chi connectivity index (χ4v) is 3.52. The molecule has 12 heteroatoms. The Morgan fingerprint density at radius 2 is 1.79 bits per heavy atom. The topological polar surface area (TPSA) is 145 Å². The van der Waals surface area contributed by atoms with Crippen LogP contribution in [-0.4, -0.2) is 69.5 Å². The summed E-state index contributed by atoms with van der Waals surface area (Å²) in [6.07, 6.45) is 2.46. The van der Waals surface area contributed by atoms with Gasteiger partial charge >= 0.3 is 5.69 Å². The van der Waals surface area contributed by atoms with Crippen molar-refractivity contribution in [2.24, 2.45) is 14.1 Å². The number of ether oxygens (including phenoxy) is 1. The molecule has 0 atom stereocenters. The Morgan fingerprint density at radius 1 is 1.03 bits per heavy atom. The maximum Gasteiger partial charge on any atom is 0.331 e. The normalized spacial score (nSPS) is 16.1. The first-order valence-electron chi connectivity index (χ1n) is 11.0. The molecule has 2 N–H and O–H groups in total. The smallest absolute Gasteiger partial charge is 0.331 e. The third kappa shape index (κ3) is 5.88. The lowest BCUT2D eigenvalue weighted by Gasteiger charge is -2.24. The zero-order chi connectivity index (χ0) is 24.7. The number of carbonyl (C=O) groups is 3. The standard InChI is InChI=1S/C22H28N6O6/c1-26-15(14-18(30)27(2)22(26)33)21(32)28-11-4-7-17(29)23-10-13-34-16-6-3-8-24-19(16)20(31)25-9-5-12-28/h3,6,8,14H,4-5,7,9-13H2,1-2H3,(H,23,29)(H,25,31). The first-order chi connectivity index (χ1) is 16.3. The van der Waals surface area contributed by atoms with Crippen molar-refractivity contribution in [3.05, 3.63) is 56.6 Å². The molecular weight excluding hydrogens is 444 g/mol. The maximum absolute atomic E-state index is 13.2. The molecule has 3 heterocycles. The van der Waals surface area contributed by atoms with Crippen molar-refractivity contribution >= 4 is 17.7 Å². The number of nitrogens with zero attached hydrogens (tertiary/aromatic N) is 4. The fourth-order valence-electron chi connectivity index (χ4n) is 3.52. The first kappa shape index (κ1) is 24.7. The number of carbonyl (C=O) groups excluding carboxylic acids is 3. The predicted octanol–water partition coefficient (Wildman–Crippen LogP) is -0.970. The van der Waals surface area contributed by atoms with E-state index in [9.17, 15) is 24.0 Å². The lowest BCUT2D eigenvalue weighted by molar-refractivity contribution is -0.121. The first-order valence-corrected chi connectivity index (χ1v) is 11.0. The van der Waals surface area contributed by atoms with E-state index in [-0.39, 0.29) is 56.5 Å². The lowest BCUT2D eigenvalue weighted by atomic mass is 10.2. The SMILES string of the molecule is Cn1c(C(=O)N2CCCNC(=O)c3ncccc3OCCNC(=O)CCC2)cc(=O)n(C)c1=O. The molecule has 1 aliphatic heterocycles. The second-order valence-electron chi connectivity index (χ2n) is 7.82. The highest BCUT2D eigenvalue weighted by Gasteiger charge is 2.21. The third-order valence-corrected chi connectivity index (χ3v) is 5.42. The summed E-state index contributed by atoms with van der Waals surface area (Å²) in [7, 11) is 2.76. The van der Waals surface area contributed by atoms with Crippen LogP contribution in [-0.2, 0) is 18.9 Å². The summed E-state index contributed by atoms with van der Waals surface area (Å²) >= 11 is 0. The van der Waals surface area contributed by atoms with Crippen LogP contribution in [0.4, 0.5) is 0 Å². The van der Waals surface area contributed by atoms with Crippen molar-refractivity contribution in [1.29, 1.82) is 0 Å². The predicted molar refractivity (Wildman–Crippen MR) is 122 cm³/mol. The molecule has 0 bridgehead atoms. The van der Waals surface area contributed by atoms with Gasteiger partial charge in [-0.15, -0.1) is 0 Å². The molecule has 0 unspecified atom stereocenters. The number of aromatic nitrogens is 3. The van der Waals surface area contributed by atoms with Gasteiger partial charge in [0, 0.05) is 52.4 Å². The minimum Gasteiger partial charge on any atom is -0.489 e. The number of hydrogen-bond acceptors (Lipinski definition) is 7. The van der Waals surface area contributed by atoms with E-state index in [4.69, 9.17) is 4.74 Å². The van der Waals surface area contributed by atoms with Gasteiger partial charge in [-0.25, -0.2) is 9.78 Å². The molecule has 0 spiro atoms. The van der Waals surface area contributed by atoms with E-state index in [0.717, 1.165) is 15.2 Å². The van der Waals surface area contributed by atoms with Gasteiger partial charge in [-0.1, -0.05) is 0 Å². The second kappa shape index (κ2) is 11.3. The Kier molecular flexibility index (Phi) is 8.17. The molecule has 3 rings (SSSR count). The van der Waals surface area contributed by atoms with Crippen molar-refractivity contribution in [2.45, 2.75) is 19.3 Å². The van der Waals surface area contributed by atoms with Gasteiger partial charge in [-0.2, -0.15) is 0 Å². The zero-order valence-electron chi connectivity index (χ0n) is 19.2. The van der Waals surface area contributed by atoms with Crippen molar-refractivity contribution < 1.29 is 19.1 Å². The number of rotatable bonds is 1. The van der Waals surface area contributed by atoms with Crippen molar-refractivity contribution in [3.8, 4) is 5.75 Å². The van der Waals surface area contributed by atoms with Gasteiger partial charge in [0.25, 0.3) is 17.4 Å². The van der Waals surface area contributed by atoms with Gasteiger partial charge in [0.1, 0.15) is 12.3 Å². The van der Waals surface area contributed by atoms with Crippen LogP contribution in [0.15, 0.2) is 34.0 Å². The van der Waals surface area contributed by atoms with Crippen molar-refractivity contribution in [2.75, 3.05) is 32.8 Å². The Balaban J connectivity index is 1.79. The molecule has 12 nitrogen and oxygen atoms in total. The van der Waals surface area contributed by atoms with E-state index in [0.29, 0.717) is 18.6 Å². The van der Waals surface area contributed by atoms with Crippen LogP contribution in [0.25, 0.3) is 0 Å². The molecule has 0 radical (unpaired) electrons. The highest BCUT2D eigenvalue weighted by atomic mass is 16.5. The maximum atomic E-state index is 13.2. The Bertz CT molecular complexity index is 1190. The number of amides is 3. The van der Waals surface area contributed by atoms with E-state index in [2.05, 4.69) is 15.6 Å². The molecule has 2 aromatic rings. The lowest BCUT2D eigenvalue weighted by Crippen LogP contribution is -2.43. The van der Waals surface area contributed by atoms with Crippen LogP contribution in [0.5, 0.6) is 5.75 Å². The molecule has 0 fully saturated rings. The van der Waals surface area contributed by atoms with Crippen LogP contribution in [0.2, 0.25) is 0 Å². The van der Waals surface area contributed by atoms with Gasteiger partial charge in [-0.05, 0) is 25.0 Å². The van der Waals surface area contributed by atoms with Crippen LogP contribution < -0.4 is 26.6 Å². The Labute approximate surface area is 195 Å². The van der Waals surface area contributed by atoms with E-state index in [1.54, 1.807) is 12.1 Å². The van der Waals surface area contributed by atoms with Gasteiger partial charge in [0.05, 0.1) is 6.54 Å². The zero-order valence-corrected chi connectivity index (χ0v) is 19.2. The van der Waals surface area contributed by atoms with Gasteiger partial charge in [0.15, 0.2) is 11.4 Å². The van der Waals surface area contributed by atoms with Crippen molar-refractivity contribution in [1.82, 2.24) is 29.7 Å². The van der Waals surface area contributed by atoms with E-state index in [1.165, 1.54) is 25.2 Å². The number of pyridine rings is 1. The molecule has 34 heavy (non-hydrogen) atoms. The van der Waals surface area contributed by atoms with Gasteiger partial charge < -0.3 is 20.3 Å². The van der Waals surface area contributed by atoms with Crippen LogP contribution in [0, 0.1) is 0 Å². The highest BCUT2D eigenvalue weighted by molar-refractivity contribution is 5.95. The van der Waals surface area contributed by atoms with Gasteiger partial charge in [-0.3, -0.25) is 28.3 Å². The summed E-state index contributed by atoms with van der Waals surface area (Å²) in [4.78, 5) is 67.8. The average Bonchev–Trinajstić information content (AvgIpc) is 2.83. The minimum absolute atomic E-state index is 0.0359. The molecule has 1 aliphatic rings. The molecule has 3 amide bonds. The summed E-state index contributed by atoms with van der Waals surface area (Å²) in [5.74, 6) is -0.804. The second-order valence-corrected chi connectivity index (χ2v) is 7.82. The van der Waals surface area contributed by atoms with Crippen LogP contribution in [0.3, 0.4) is 0 Å². The van der Waals surface area contributed by atoms with Crippen LogP contribution in [0.1, 0.15) is 40.2 Å². The quantitative estimate of drug-likeness (QED) is 0.543. The highest BCUT2D eigenvalue weighted by Crippen LogP contribution is 2.15. The monoisotopic (exact) mass is 472 g/mol. The van der Waals surface area contributed by atoms with Gasteiger partial charge in [0.2, 0.25) is 5.91 Å². The van der Waals surface area contributed by atoms with E-state index >= 15 is 0 Å². The number of hydrogen-bond donors (Lipinski definition) is 2. The third-order valence-electron chi connectivity index (χ3n) is 5.42. The summed E-state index contributed by atoms with van der Waals surface area (Å²) in [5.41, 5.74) is -1.10. The van der Waals surface area contributed by atoms with Crippen molar-refractivity contribution in [3.63, 3.8) is 0 Å². The van der Waals surface area contributed by atoms with Crippen LogP contribution >= 0.6 is 0 Å². The molecular formula is C22H28N6O6. The average molecular weight is 473 g/mol. The Morgan fingerprint density at radius 3 is 2.59 bits per heavy atom. The number of nitrogens with one attached hydrogen (secondary N) is 2.